The summed E-state index contributed by atoms with van der Waals surface area (Å²) in [4.78, 5) is 4.60. The molecule has 1 fully saturated rings. The molecular weight excluding hydrogens is 262 g/mol. The molecule has 0 unspecified atom stereocenters. The second-order valence-electron chi connectivity index (χ2n) is 5.23. The molecule has 2 N–H and O–H groups in total. The predicted molar refractivity (Wildman–Crippen MR) is 81.3 cm³/mol. The second-order valence-corrected chi connectivity index (χ2v) is 5.63. The maximum Gasteiger partial charge on any atom is 0.143 e. The minimum Gasteiger partial charge on any atom is -0.495 e. The molecule has 0 radical (unpaired) electrons. The smallest absolute Gasteiger partial charge is 0.143 e. The Kier molecular flexibility index (Phi) is 4.42. The fourth-order valence-electron chi connectivity index (χ4n) is 2.60. The maximum absolute atomic E-state index is 6.30. The van der Waals surface area contributed by atoms with Gasteiger partial charge < -0.3 is 20.3 Å². The maximum atomic E-state index is 6.30. The molecule has 2 rings (SSSR count). The quantitative estimate of drug-likeness (QED) is 0.866. The number of ether oxygens (including phenoxy) is 1. The summed E-state index contributed by atoms with van der Waals surface area (Å²) in [5.74, 6) is 0.689. The van der Waals surface area contributed by atoms with Gasteiger partial charge in [0.1, 0.15) is 5.75 Å². The van der Waals surface area contributed by atoms with Gasteiger partial charge in [-0.3, -0.25) is 0 Å². The van der Waals surface area contributed by atoms with Crippen molar-refractivity contribution in [2.45, 2.75) is 18.9 Å². The van der Waals surface area contributed by atoms with E-state index < -0.39 is 0 Å². The van der Waals surface area contributed by atoms with Crippen molar-refractivity contribution in [2.75, 3.05) is 44.9 Å². The highest BCUT2D eigenvalue weighted by Crippen LogP contribution is 2.36. The van der Waals surface area contributed by atoms with Crippen LogP contribution < -0.4 is 15.4 Å². The zero-order chi connectivity index (χ0) is 14.0. The summed E-state index contributed by atoms with van der Waals surface area (Å²) >= 11 is 6.30. The molecule has 19 heavy (non-hydrogen) atoms. The van der Waals surface area contributed by atoms with Gasteiger partial charge in [-0.25, -0.2) is 0 Å². The number of piperidine rings is 1. The van der Waals surface area contributed by atoms with Gasteiger partial charge in [-0.1, -0.05) is 11.6 Å². The summed E-state index contributed by atoms with van der Waals surface area (Å²) in [7, 11) is 5.90. The largest absolute Gasteiger partial charge is 0.495 e. The molecule has 1 saturated heterocycles. The van der Waals surface area contributed by atoms with E-state index in [4.69, 9.17) is 22.1 Å². The van der Waals surface area contributed by atoms with Crippen LogP contribution in [0.15, 0.2) is 12.1 Å². The molecule has 1 heterocycles. The lowest BCUT2D eigenvalue weighted by atomic mass is 10.0. The van der Waals surface area contributed by atoms with E-state index in [2.05, 4.69) is 23.9 Å². The second kappa shape index (κ2) is 5.88. The van der Waals surface area contributed by atoms with E-state index in [-0.39, 0.29) is 0 Å². The number of nitrogen functional groups attached to an aromatic ring is 1. The van der Waals surface area contributed by atoms with Crippen LogP contribution in [-0.4, -0.2) is 45.2 Å². The molecule has 106 valence electrons. The summed E-state index contributed by atoms with van der Waals surface area (Å²) in [5.41, 5.74) is 7.46. The standard InChI is InChI=1S/C14H22ClN3O/c1-17(2)10-4-6-18(7-5-10)13-9-14(19-3)12(16)8-11(13)15/h8-10H,4-7,16H2,1-3H3. The lowest BCUT2D eigenvalue weighted by Gasteiger charge is -2.37. The number of hydrogen-bond donors (Lipinski definition) is 1. The van der Waals surface area contributed by atoms with Crippen LogP contribution >= 0.6 is 11.6 Å². The normalized spacial score (nSPS) is 17.0. The molecule has 0 aromatic heterocycles. The SMILES string of the molecule is COc1cc(N2CCC(N(C)C)CC2)c(Cl)cc1N. The number of anilines is 2. The summed E-state index contributed by atoms with van der Waals surface area (Å²) in [6.45, 7) is 2.02. The number of nitrogens with zero attached hydrogens (tertiary/aromatic N) is 2. The minimum absolute atomic E-state index is 0.583. The molecule has 0 bridgehead atoms. The average Bonchev–Trinajstić information content (AvgIpc) is 2.39. The van der Waals surface area contributed by atoms with Crippen molar-refractivity contribution in [3.05, 3.63) is 17.2 Å². The van der Waals surface area contributed by atoms with Crippen LogP contribution in [0.3, 0.4) is 0 Å². The molecule has 0 saturated carbocycles. The number of benzene rings is 1. The van der Waals surface area contributed by atoms with Crippen LogP contribution in [0.1, 0.15) is 12.8 Å². The van der Waals surface area contributed by atoms with Gasteiger partial charge in [0.15, 0.2) is 0 Å². The molecule has 5 heteroatoms. The zero-order valence-corrected chi connectivity index (χ0v) is 12.6. The van der Waals surface area contributed by atoms with Crippen LogP contribution in [0.5, 0.6) is 5.75 Å². The highest BCUT2D eigenvalue weighted by Gasteiger charge is 2.22. The number of nitrogens with two attached hydrogens (primary N) is 1. The summed E-state index contributed by atoms with van der Waals surface area (Å²) < 4.78 is 5.27. The lowest BCUT2D eigenvalue weighted by Crippen LogP contribution is -2.42. The first-order chi connectivity index (χ1) is 9.02. The molecule has 1 aliphatic rings. The molecular formula is C14H22ClN3O. The van der Waals surface area contributed by atoms with Crippen molar-refractivity contribution in [1.82, 2.24) is 4.90 Å². The summed E-state index contributed by atoms with van der Waals surface area (Å²) in [6, 6.07) is 4.37. The van der Waals surface area contributed by atoms with Crippen molar-refractivity contribution in [1.29, 1.82) is 0 Å². The number of rotatable bonds is 3. The van der Waals surface area contributed by atoms with Crippen LogP contribution in [0.4, 0.5) is 11.4 Å². The summed E-state index contributed by atoms with van der Waals surface area (Å²) in [6.07, 6.45) is 2.30. The molecule has 1 aliphatic heterocycles. The van der Waals surface area contributed by atoms with E-state index in [1.54, 1.807) is 13.2 Å². The van der Waals surface area contributed by atoms with E-state index in [9.17, 15) is 0 Å². The van der Waals surface area contributed by atoms with Crippen molar-refractivity contribution in [3.63, 3.8) is 0 Å². The highest BCUT2D eigenvalue weighted by atomic mass is 35.5. The Labute approximate surface area is 120 Å². The molecule has 0 aliphatic carbocycles. The molecule has 4 nitrogen and oxygen atoms in total. The minimum atomic E-state index is 0.583. The van der Waals surface area contributed by atoms with E-state index >= 15 is 0 Å². The van der Waals surface area contributed by atoms with Gasteiger partial charge in [-0.15, -0.1) is 0 Å². The first kappa shape index (κ1) is 14.3. The Morgan fingerprint density at radius 2 is 1.95 bits per heavy atom. The fraction of sp³-hybridized carbons (Fsp3) is 0.571. The molecule has 0 atom stereocenters. The van der Waals surface area contributed by atoms with Crippen LogP contribution in [-0.2, 0) is 0 Å². The van der Waals surface area contributed by atoms with Gasteiger partial charge in [0.2, 0.25) is 0 Å². The van der Waals surface area contributed by atoms with Crippen LogP contribution in [0.2, 0.25) is 5.02 Å². The Hall–Kier alpha value is -1.13. The first-order valence-electron chi connectivity index (χ1n) is 6.57. The molecule has 0 amide bonds. The Morgan fingerprint density at radius 3 is 2.47 bits per heavy atom. The van der Waals surface area contributed by atoms with Crippen LogP contribution in [0.25, 0.3) is 0 Å². The van der Waals surface area contributed by atoms with E-state index in [0.717, 1.165) is 31.6 Å². The zero-order valence-electron chi connectivity index (χ0n) is 11.8. The van der Waals surface area contributed by atoms with Gasteiger partial charge in [0, 0.05) is 25.2 Å². The Morgan fingerprint density at radius 1 is 1.32 bits per heavy atom. The van der Waals surface area contributed by atoms with E-state index in [1.165, 1.54) is 0 Å². The van der Waals surface area contributed by atoms with Crippen molar-refractivity contribution in [2.24, 2.45) is 0 Å². The lowest BCUT2D eigenvalue weighted by molar-refractivity contribution is 0.249. The van der Waals surface area contributed by atoms with Crippen molar-refractivity contribution >= 4 is 23.0 Å². The van der Waals surface area contributed by atoms with Gasteiger partial charge in [0.05, 0.1) is 23.5 Å². The van der Waals surface area contributed by atoms with Crippen LogP contribution in [0, 0.1) is 0 Å². The van der Waals surface area contributed by atoms with E-state index in [1.807, 2.05) is 6.07 Å². The van der Waals surface area contributed by atoms with Gasteiger partial charge in [-0.2, -0.15) is 0 Å². The topological polar surface area (TPSA) is 41.7 Å². The monoisotopic (exact) mass is 283 g/mol. The average molecular weight is 284 g/mol. The Bertz CT molecular complexity index is 443. The van der Waals surface area contributed by atoms with Crippen molar-refractivity contribution in [3.8, 4) is 5.75 Å². The fourth-order valence-corrected chi connectivity index (χ4v) is 2.89. The van der Waals surface area contributed by atoms with E-state index in [0.29, 0.717) is 22.5 Å². The number of halogens is 1. The third-order valence-electron chi connectivity index (χ3n) is 3.83. The number of hydrogen-bond acceptors (Lipinski definition) is 4. The van der Waals surface area contributed by atoms with Gasteiger partial charge >= 0.3 is 0 Å². The molecule has 1 aromatic rings. The third kappa shape index (κ3) is 3.07. The van der Waals surface area contributed by atoms with Gasteiger partial charge in [-0.05, 0) is 33.0 Å². The molecule has 1 aromatic carbocycles. The molecule has 0 spiro atoms. The number of methoxy groups -OCH3 is 1. The van der Waals surface area contributed by atoms with Gasteiger partial charge in [0.25, 0.3) is 0 Å². The Balaban J connectivity index is 2.15. The predicted octanol–water partition coefficient (Wildman–Crippen LogP) is 2.46. The summed E-state index contributed by atoms with van der Waals surface area (Å²) in [5, 5.41) is 0.696. The third-order valence-corrected chi connectivity index (χ3v) is 4.14. The first-order valence-corrected chi connectivity index (χ1v) is 6.95. The highest BCUT2D eigenvalue weighted by molar-refractivity contribution is 6.33. The van der Waals surface area contributed by atoms with Crippen molar-refractivity contribution < 1.29 is 4.74 Å².